The lowest BCUT2D eigenvalue weighted by Crippen LogP contribution is -2.32. The molecule has 8 heteroatoms. The molecular formula is C25H20ClN5O2. The van der Waals surface area contributed by atoms with E-state index in [0.29, 0.717) is 34.0 Å². The molecule has 164 valence electrons. The SMILES string of the molecule is CC(C)C1Cc2cccc3c2N1C=CN=C3C1=C(c2cnc3cc(Cl)ccn23)C(=O)NC1=O. The third-order valence-electron chi connectivity index (χ3n) is 6.52. The molecule has 0 saturated carbocycles. The number of rotatable bonds is 3. The normalized spacial score (nSPS) is 19.5. The molecule has 0 aliphatic carbocycles. The first-order valence-corrected chi connectivity index (χ1v) is 11.2. The van der Waals surface area contributed by atoms with E-state index in [1.54, 1.807) is 35.1 Å². The maximum absolute atomic E-state index is 13.1. The third kappa shape index (κ3) is 2.89. The molecule has 0 spiro atoms. The highest BCUT2D eigenvalue weighted by atomic mass is 35.5. The van der Waals surface area contributed by atoms with E-state index in [1.807, 2.05) is 18.3 Å². The molecule has 3 aromatic rings. The summed E-state index contributed by atoms with van der Waals surface area (Å²) in [5, 5.41) is 3.00. The predicted octanol–water partition coefficient (Wildman–Crippen LogP) is 3.76. The van der Waals surface area contributed by atoms with Crippen LogP contribution in [0.5, 0.6) is 0 Å². The van der Waals surface area contributed by atoms with E-state index in [1.165, 1.54) is 5.56 Å². The van der Waals surface area contributed by atoms with Crippen molar-refractivity contribution in [2.45, 2.75) is 26.3 Å². The first-order valence-electron chi connectivity index (χ1n) is 10.8. The number of hydrogen-bond donors (Lipinski definition) is 1. The van der Waals surface area contributed by atoms with Gasteiger partial charge in [0.25, 0.3) is 11.8 Å². The van der Waals surface area contributed by atoms with Crippen molar-refractivity contribution in [2.24, 2.45) is 10.9 Å². The molecule has 1 aromatic carbocycles. The van der Waals surface area contributed by atoms with E-state index in [-0.39, 0.29) is 11.1 Å². The minimum atomic E-state index is -0.466. The van der Waals surface area contributed by atoms with Crippen LogP contribution >= 0.6 is 11.6 Å². The van der Waals surface area contributed by atoms with Crippen LogP contribution in [0.3, 0.4) is 0 Å². The smallest absolute Gasteiger partial charge is 0.261 e. The van der Waals surface area contributed by atoms with Gasteiger partial charge in [-0.15, -0.1) is 0 Å². The summed E-state index contributed by atoms with van der Waals surface area (Å²) in [6.07, 6.45) is 7.93. The number of nitrogens with one attached hydrogen (secondary N) is 1. The van der Waals surface area contributed by atoms with Crippen molar-refractivity contribution in [2.75, 3.05) is 4.90 Å². The number of amides is 2. The molecule has 0 fully saturated rings. The van der Waals surface area contributed by atoms with Crippen LogP contribution in [0.1, 0.15) is 30.7 Å². The van der Waals surface area contributed by atoms with Gasteiger partial charge in [-0.25, -0.2) is 4.98 Å². The summed E-state index contributed by atoms with van der Waals surface area (Å²) in [7, 11) is 0. The maximum atomic E-state index is 13.1. The van der Waals surface area contributed by atoms with E-state index in [2.05, 4.69) is 40.1 Å². The fourth-order valence-electron chi connectivity index (χ4n) is 5.00. The summed E-state index contributed by atoms with van der Waals surface area (Å²) in [4.78, 5) is 37.4. The monoisotopic (exact) mass is 457 g/mol. The largest absolute Gasteiger partial charge is 0.342 e. The molecule has 2 aromatic heterocycles. The van der Waals surface area contributed by atoms with Crippen LogP contribution in [-0.4, -0.2) is 33.0 Å². The second-order valence-corrected chi connectivity index (χ2v) is 9.20. The van der Waals surface area contributed by atoms with Crippen LogP contribution < -0.4 is 10.2 Å². The molecule has 33 heavy (non-hydrogen) atoms. The van der Waals surface area contributed by atoms with E-state index in [0.717, 1.165) is 17.7 Å². The molecule has 2 amide bonds. The van der Waals surface area contributed by atoms with Gasteiger partial charge < -0.3 is 4.90 Å². The zero-order valence-corrected chi connectivity index (χ0v) is 18.8. The van der Waals surface area contributed by atoms with Gasteiger partial charge in [-0.2, -0.15) is 0 Å². The maximum Gasteiger partial charge on any atom is 0.261 e. The number of benzene rings is 1. The van der Waals surface area contributed by atoms with Crippen LogP contribution in [0, 0.1) is 5.92 Å². The number of anilines is 1. The number of nitrogens with zero attached hydrogens (tertiary/aromatic N) is 4. The Labute approximate surface area is 195 Å². The second-order valence-electron chi connectivity index (χ2n) is 8.76. The number of fused-ring (bicyclic) bond motifs is 1. The van der Waals surface area contributed by atoms with Gasteiger partial charge >= 0.3 is 0 Å². The second kappa shape index (κ2) is 7.15. The highest BCUT2D eigenvalue weighted by Gasteiger charge is 2.40. The molecule has 1 atom stereocenters. The van der Waals surface area contributed by atoms with Crippen molar-refractivity contribution in [1.82, 2.24) is 14.7 Å². The number of aromatic nitrogens is 2. The summed E-state index contributed by atoms with van der Waals surface area (Å²) >= 11 is 6.10. The van der Waals surface area contributed by atoms with Gasteiger partial charge in [0.15, 0.2) is 0 Å². The Kier molecular flexibility index (Phi) is 4.32. The molecular weight excluding hydrogens is 438 g/mol. The molecule has 6 rings (SSSR count). The number of carbonyl (C=O) groups is 2. The zero-order valence-electron chi connectivity index (χ0n) is 18.0. The third-order valence-corrected chi connectivity index (χ3v) is 6.75. The number of hydrogen-bond acceptors (Lipinski definition) is 5. The van der Waals surface area contributed by atoms with Gasteiger partial charge in [0, 0.05) is 41.3 Å². The lowest BCUT2D eigenvalue weighted by Gasteiger charge is -2.27. The van der Waals surface area contributed by atoms with Crippen LogP contribution in [-0.2, 0) is 16.0 Å². The minimum absolute atomic E-state index is 0.254. The molecule has 1 N–H and O–H groups in total. The Morgan fingerprint density at radius 3 is 2.79 bits per heavy atom. The summed E-state index contributed by atoms with van der Waals surface area (Å²) in [5.41, 5.74) is 5.20. The number of halogens is 1. The van der Waals surface area contributed by atoms with E-state index < -0.39 is 11.8 Å². The predicted molar refractivity (Wildman–Crippen MR) is 127 cm³/mol. The van der Waals surface area contributed by atoms with Gasteiger partial charge in [-0.05, 0) is 24.0 Å². The quantitative estimate of drug-likeness (QED) is 0.607. The van der Waals surface area contributed by atoms with Crippen molar-refractivity contribution in [3.63, 3.8) is 0 Å². The van der Waals surface area contributed by atoms with Crippen molar-refractivity contribution < 1.29 is 9.59 Å². The first kappa shape index (κ1) is 19.9. The fraction of sp³-hybridized carbons (Fsp3) is 0.200. The van der Waals surface area contributed by atoms with Gasteiger partial charge in [0.1, 0.15) is 5.65 Å². The fourth-order valence-corrected chi connectivity index (χ4v) is 5.15. The summed E-state index contributed by atoms with van der Waals surface area (Å²) in [6, 6.07) is 9.81. The van der Waals surface area contributed by atoms with Crippen LogP contribution in [0.25, 0.3) is 11.2 Å². The Bertz CT molecular complexity index is 1460. The average Bonchev–Trinajstić information content (AvgIpc) is 3.39. The number of pyridine rings is 1. The molecule has 0 radical (unpaired) electrons. The standard InChI is InChI=1S/C25H20ClN5O2/c1-13(2)17-10-14-4-3-5-16-22(27-7-9-31(17)23(14)16)21-20(24(32)29-25(21)33)18-12-28-19-11-15(26)6-8-30(18)19/h3-9,11-13,17H,10H2,1-2H3,(H,29,32,33). The molecule has 3 aliphatic heterocycles. The number of imide groups is 1. The Hall–Kier alpha value is -3.71. The lowest BCUT2D eigenvalue weighted by molar-refractivity contribution is -0.123. The highest BCUT2D eigenvalue weighted by Crippen LogP contribution is 2.41. The Balaban J connectivity index is 1.59. The number of aliphatic imine (C=N–C) groups is 1. The van der Waals surface area contributed by atoms with E-state index in [9.17, 15) is 9.59 Å². The van der Waals surface area contributed by atoms with Gasteiger partial charge in [-0.3, -0.25) is 24.3 Å². The summed E-state index contributed by atoms with van der Waals surface area (Å²) < 4.78 is 1.75. The van der Waals surface area contributed by atoms with Gasteiger partial charge in [0.05, 0.1) is 34.4 Å². The number of para-hydroxylation sites is 1. The Morgan fingerprint density at radius 2 is 1.97 bits per heavy atom. The molecule has 5 heterocycles. The van der Waals surface area contributed by atoms with Crippen molar-refractivity contribution in [1.29, 1.82) is 0 Å². The topological polar surface area (TPSA) is 79.1 Å². The lowest BCUT2D eigenvalue weighted by atomic mass is 9.94. The molecule has 3 aliphatic rings. The zero-order chi connectivity index (χ0) is 22.9. The Morgan fingerprint density at radius 1 is 1.15 bits per heavy atom. The molecule has 1 unspecified atom stereocenters. The summed E-state index contributed by atoms with van der Waals surface area (Å²) in [5.74, 6) is -0.491. The number of imidazole rings is 1. The van der Waals surface area contributed by atoms with Crippen molar-refractivity contribution >= 4 is 46.0 Å². The molecule has 0 saturated heterocycles. The van der Waals surface area contributed by atoms with E-state index >= 15 is 0 Å². The van der Waals surface area contributed by atoms with Gasteiger partial charge in [-0.1, -0.05) is 43.6 Å². The highest BCUT2D eigenvalue weighted by molar-refractivity contribution is 6.47. The number of carbonyl (C=O) groups excluding carboxylic acids is 2. The van der Waals surface area contributed by atoms with Crippen LogP contribution in [0.4, 0.5) is 5.69 Å². The molecule has 7 nitrogen and oxygen atoms in total. The summed E-state index contributed by atoms with van der Waals surface area (Å²) in [6.45, 7) is 4.41. The van der Waals surface area contributed by atoms with Crippen molar-refractivity contribution in [3.8, 4) is 0 Å². The van der Waals surface area contributed by atoms with Crippen molar-refractivity contribution in [3.05, 3.63) is 82.5 Å². The average molecular weight is 458 g/mol. The minimum Gasteiger partial charge on any atom is -0.342 e. The van der Waals surface area contributed by atoms with Gasteiger partial charge in [0.2, 0.25) is 0 Å². The van der Waals surface area contributed by atoms with E-state index in [4.69, 9.17) is 11.6 Å². The van der Waals surface area contributed by atoms with Crippen LogP contribution in [0.2, 0.25) is 5.02 Å². The molecule has 0 bridgehead atoms. The van der Waals surface area contributed by atoms with Crippen LogP contribution in [0.15, 0.2) is 65.7 Å². The first-order chi connectivity index (χ1) is 15.9.